The van der Waals surface area contributed by atoms with Gasteiger partial charge in [-0.05, 0) is 54.9 Å². The van der Waals surface area contributed by atoms with Gasteiger partial charge in [0.05, 0.1) is 4.90 Å². The average Bonchev–Trinajstić information content (AvgIpc) is 3.17. The smallest absolute Gasteiger partial charge is 0.343 e. The van der Waals surface area contributed by atoms with Crippen LogP contribution in [0.4, 0.5) is 10.5 Å². The van der Waals surface area contributed by atoms with Crippen molar-refractivity contribution in [3.63, 3.8) is 0 Å². The lowest BCUT2D eigenvalue weighted by Crippen LogP contribution is -2.50. The number of thiophene rings is 1. The number of aliphatic hydroxyl groups is 2. The minimum absolute atomic E-state index is 0.128. The maximum absolute atomic E-state index is 13.2. The van der Waals surface area contributed by atoms with Crippen LogP contribution in [0, 0.1) is 6.92 Å². The van der Waals surface area contributed by atoms with Crippen molar-refractivity contribution in [3.05, 3.63) is 59.5 Å². The minimum Gasteiger partial charge on any atom is -0.368 e. The molecule has 1 aromatic heterocycles. The molecule has 1 aliphatic heterocycles. The van der Waals surface area contributed by atoms with Crippen molar-refractivity contribution >= 4 is 43.2 Å². The van der Waals surface area contributed by atoms with Crippen LogP contribution in [0.1, 0.15) is 12.5 Å². The maximum atomic E-state index is 13.2. The van der Waals surface area contributed by atoms with Gasteiger partial charge in [0, 0.05) is 10.4 Å². The summed E-state index contributed by atoms with van der Waals surface area (Å²) in [5.74, 6) is 0. The second-order valence-corrected chi connectivity index (χ2v) is 9.61. The van der Waals surface area contributed by atoms with E-state index in [2.05, 4.69) is 0 Å². The third kappa shape index (κ3) is 2.70. The van der Waals surface area contributed by atoms with Gasteiger partial charge in [-0.3, -0.25) is 4.90 Å². The molecule has 9 heteroatoms. The number of benzene rings is 2. The molecule has 3 aromatic rings. The van der Waals surface area contributed by atoms with Gasteiger partial charge >= 0.3 is 6.03 Å². The van der Waals surface area contributed by atoms with Gasteiger partial charge in [0.1, 0.15) is 0 Å². The summed E-state index contributed by atoms with van der Waals surface area (Å²) < 4.78 is 27.4. The van der Waals surface area contributed by atoms with E-state index >= 15 is 0 Å². The first-order chi connectivity index (χ1) is 13.1. The lowest BCUT2D eigenvalue weighted by atomic mass is 10.1. The quantitative estimate of drug-likeness (QED) is 0.682. The third-order valence-corrected chi connectivity index (χ3v) is 7.42. The first kappa shape index (κ1) is 18.9. The van der Waals surface area contributed by atoms with E-state index in [9.17, 15) is 23.4 Å². The van der Waals surface area contributed by atoms with E-state index in [4.69, 9.17) is 0 Å². The average molecular weight is 418 g/mol. The zero-order valence-electron chi connectivity index (χ0n) is 15.1. The molecule has 0 saturated carbocycles. The fraction of sp³-hybridized carbons (Fsp3) is 0.211. The highest BCUT2D eigenvalue weighted by molar-refractivity contribution is 7.89. The number of carbonyl (C=O) groups excluding carboxylic acids is 1. The Balaban J connectivity index is 1.80. The molecule has 2 amide bonds. The van der Waals surface area contributed by atoms with Crippen molar-refractivity contribution < 1.29 is 23.4 Å². The lowest BCUT2D eigenvalue weighted by molar-refractivity contribution is -0.0689. The van der Waals surface area contributed by atoms with Crippen LogP contribution in [0.3, 0.4) is 0 Å². The van der Waals surface area contributed by atoms with E-state index in [1.54, 1.807) is 30.3 Å². The number of fused-ring (bicyclic) bond motifs is 1. The van der Waals surface area contributed by atoms with E-state index in [1.165, 1.54) is 30.4 Å². The number of rotatable bonds is 3. The minimum atomic E-state index is -4.39. The number of amides is 2. The molecule has 0 bridgehead atoms. The molecule has 0 aliphatic carbocycles. The highest BCUT2D eigenvalue weighted by atomic mass is 32.2. The summed E-state index contributed by atoms with van der Waals surface area (Å²) in [4.78, 5) is 13.8. The normalized spacial score (nSPS) is 23.0. The molecule has 2 unspecified atom stereocenters. The van der Waals surface area contributed by atoms with E-state index in [0.717, 1.165) is 20.5 Å². The number of sulfonamides is 1. The van der Waals surface area contributed by atoms with Crippen molar-refractivity contribution in [1.29, 1.82) is 0 Å². The van der Waals surface area contributed by atoms with Crippen molar-refractivity contribution in [2.24, 2.45) is 0 Å². The van der Waals surface area contributed by atoms with Crippen molar-refractivity contribution in [3.8, 4) is 0 Å². The summed E-state index contributed by atoms with van der Waals surface area (Å²) >= 11 is 1.37. The van der Waals surface area contributed by atoms with Crippen LogP contribution in [0.15, 0.2) is 58.8 Å². The highest BCUT2D eigenvalue weighted by Crippen LogP contribution is 2.38. The van der Waals surface area contributed by atoms with Crippen LogP contribution in [0.2, 0.25) is 0 Å². The molecule has 4 rings (SSSR count). The fourth-order valence-corrected chi connectivity index (χ4v) is 5.63. The first-order valence-electron chi connectivity index (χ1n) is 8.47. The molecule has 0 spiro atoms. The van der Waals surface area contributed by atoms with Gasteiger partial charge in [-0.1, -0.05) is 23.8 Å². The zero-order valence-corrected chi connectivity index (χ0v) is 16.7. The molecule has 1 aliphatic rings. The van der Waals surface area contributed by atoms with Crippen LogP contribution in [0.5, 0.6) is 0 Å². The van der Waals surface area contributed by atoms with Gasteiger partial charge in [0.15, 0.2) is 12.0 Å². The Bertz CT molecular complexity index is 1170. The Morgan fingerprint density at radius 3 is 2.46 bits per heavy atom. The van der Waals surface area contributed by atoms with Crippen molar-refractivity contribution in [2.45, 2.75) is 30.7 Å². The Hall–Kier alpha value is -2.46. The van der Waals surface area contributed by atoms with Gasteiger partial charge < -0.3 is 10.2 Å². The van der Waals surface area contributed by atoms with Crippen LogP contribution in [-0.4, -0.2) is 40.9 Å². The molecule has 146 valence electrons. The summed E-state index contributed by atoms with van der Waals surface area (Å²) in [7, 11) is -4.39. The third-order valence-electron chi connectivity index (χ3n) is 4.82. The second kappa shape index (κ2) is 6.28. The summed E-state index contributed by atoms with van der Waals surface area (Å²) in [6.07, 6.45) is -1.97. The monoisotopic (exact) mass is 418 g/mol. The number of aryl methyl sites for hydroxylation is 1. The largest absolute Gasteiger partial charge is 0.368 e. The molecule has 2 heterocycles. The van der Waals surface area contributed by atoms with Crippen LogP contribution < -0.4 is 4.90 Å². The molecule has 2 aromatic carbocycles. The van der Waals surface area contributed by atoms with Crippen molar-refractivity contribution in [1.82, 2.24) is 4.31 Å². The number of carbonyl (C=O) groups is 1. The van der Waals surface area contributed by atoms with Gasteiger partial charge in [0.25, 0.3) is 10.0 Å². The SMILES string of the molecule is Cc1ccc(N2C(=O)N(S(=O)(=O)c3ccc4ccsc4c3)C(O)C2(C)O)cc1. The van der Waals surface area contributed by atoms with Gasteiger partial charge in [-0.25, -0.2) is 13.2 Å². The molecular weight excluding hydrogens is 400 g/mol. The Morgan fingerprint density at radius 2 is 1.79 bits per heavy atom. The Morgan fingerprint density at radius 1 is 1.11 bits per heavy atom. The van der Waals surface area contributed by atoms with Gasteiger partial charge in [-0.15, -0.1) is 11.3 Å². The fourth-order valence-electron chi connectivity index (χ4n) is 3.24. The number of anilines is 1. The second-order valence-electron chi connectivity index (χ2n) is 6.84. The lowest BCUT2D eigenvalue weighted by Gasteiger charge is -2.30. The standard InChI is InChI=1S/C19H18N2O5S2/c1-12-3-6-14(7-4-12)20-18(23)21(17(22)19(20,2)24)28(25,26)15-8-5-13-9-10-27-16(13)11-15/h3-11,17,22,24H,1-2H3. The number of hydrogen-bond acceptors (Lipinski definition) is 6. The summed E-state index contributed by atoms with van der Waals surface area (Å²) in [5.41, 5.74) is -0.915. The molecule has 1 fully saturated rings. The highest BCUT2D eigenvalue weighted by Gasteiger charge is 2.58. The summed E-state index contributed by atoms with van der Waals surface area (Å²) in [5, 5.41) is 24.1. The van der Waals surface area contributed by atoms with E-state index < -0.39 is 28.0 Å². The Labute approximate surface area is 166 Å². The van der Waals surface area contributed by atoms with E-state index in [-0.39, 0.29) is 10.6 Å². The summed E-state index contributed by atoms with van der Waals surface area (Å²) in [6, 6.07) is 11.9. The van der Waals surface area contributed by atoms with Crippen LogP contribution in [0.25, 0.3) is 10.1 Å². The predicted molar refractivity (Wildman–Crippen MR) is 107 cm³/mol. The first-order valence-corrected chi connectivity index (χ1v) is 10.8. The Kier molecular flexibility index (Phi) is 4.23. The van der Waals surface area contributed by atoms with Crippen molar-refractivity contribution in [2.75, 3.05) is 4.90 Å². The molecule has 28 heavy (non-hydrogen) atoms. The molecule has 7 nitrogen and oxygen atoms in total. The molecule has 2 N–H and O–H groups in total. The van der Waals surface area contributed by atoms with Crippen LogP contribution in [-0.2, 0) is 10.0 Å². The number of hydrogen-bond donors (Lipinski definition) is 2. The molecule has 0 radical (unpaired) electrons. The number of urea groups is 1. The number of nitrogens with zero attached hydrogens (tertiary/aromatic N) is 2. The maximum Gasteiger partial charge on any atom is 0.343 e. The van der Waals surface area contributed by atoms with Crippen LogP contribution >= 0.6 is 11.3 Å². The molecular formula is C19H18N2O5S2. The molecule has 1 saturated heterocycles. The van der Waals surface area contributed by atoms with Gasteiger partial charge in [-0.2, -0.15) is 4.31 Å². The molecule has 2 atom stereocenters. The number of aliphatic hydroxyl groups excluding tert-OH is 1. The van der Waals surface area contributed by atoms with Gasteiger partial charge in [0.2, 0.25) is 0 Å². The van der Waals surface area contributed by atoms with E-state index in [1.807, 2.05) is 18.4 Å². The van der Waals surface area contributed by atoms with E-state index in [0.29, 0.717) is 4.31 Å². The summed E-state index contributed by atoms with van der Waals surface area (Å²) in [6.45, 7) is 3.06. The topological polar surface area (TPSA) is 98.2 Å². The zero-order chi connectivity index (χ0) is 20.3. The predicted octanol–water partition coefficient (Wildman–Crippen LogP) is 2.87.